The molecule has 0 radical (unpaired) electrons. The van der Waals surface area contributed by atoms with Crippen LogP contribution < -0.4 is 15.8 Å². The maximum absolute atomic E-state index is 12.4. The van der Waals surface area contributed by atoms with Gasteiger partial charge in [0.05, 0.1) is 11.4 Å². The Morgan fingerprint density at radius 3 is 2.71 bits per heavy atom. The first-order chi connectivity index (χ1) is 9.88. The second-order valence-corrected chi connectivity index (χ2v) is 5.03. The molecule has 21 heavy (non-hydrogen) atoms. The molecule has 1 aromatic rings. The van der Waals surface area contributed by atoms with Gasteiger partial charge in [-0.2, -0.15) is 13.2 Å². The van der Waals surface area contributed by atoms with Crippen molar-refractivity contribution in [2.75, 3.05) is 6.54 Å². The van der Waals surface area contributed by atoms with Crippen LogP contribution in [-0.4, -0.2) is 17.6 Å². The van der Waals surface area contributed by atoms with Gasteiger partial charge in [-0.05, 0) is 25.0 Å². The molecule has 116 valence electrons. The Morgan fingerprint density at radius 1 is 1.48 bits per heavy atom. The number of hydrogen-bond donors (Lipinski definition) is 2. The third-order valence-electron chi connectivity index (χ3n) is 3.36. The van der Waals surface area contributed by atoms with Crippen molar-refractivity contribution in [3.63, 3.8) is 0 Å². The van der Waals surface area contributed by atoms with Gasteiger partial charge in [-0.1, -0.05) is 6.92 Å². The molecule has 7 heteroatoms. The van der Waals surface area contributed by atoms with E-state index in [-0.39, 0.29) is 17.9 Å². The van der Waals surface area contributed by atoms with E-state index in [9.17, 15) is 13.2 Å². The molecule has 0 aromatic carbocycles. The van der Waals surface area contributed by atoms with E-state index >= 15 is 0 Å². The van der Waals surface area contributed by atoms with Crippen molar-refractivity contribution in [1.82, 2.24) is 10.3 Å². The van der Waals surface area contributed by atoms with E-state index in [0.717, 1.165) is 31.6 Å². The average Bonchev–Trinajstić information content (AvgIpc) is 2.83. The number of nitrogens with two attached hydrogens (primary N) is 1. The van der Waals surface area contributed by atoms with Crippen molar-refractivity contribution in [2.45, 2.75) is 32.0 Å². The van der Waals surface area contributed by atoms with Crippen LogP contribution in [0.1, 0.15) is 25.3 Å². The molecular weight excluding hydrogens is 283 g/mol. The zero-order valence-electron chi connectivity index (χ0n) is 11.7. The molecule has 3 N–H and O–H groups in total. The number of aromatic nitrogens is 1. The zero-order valence-corrected chi connectivity index (χ0v) is 11.7. The first kappa shape index (κ1) is 15.5. The van der Waals surface area contributed by atoms with Crippen LogP contribution in [0.3, 0.4) is 0 Å². The van der Waals surface area contributed by atoms with E-state index in [4.69, 9.17) is 10.5 Å². The normalized spacial score (nSPS) is 19.8. The molecule has 2 rings (SSSR count). The standard InChI is InChI=1S/C14H18F3N3O/c1-2-11(5-9-6-12(18)19-7-9)21-13-4-3-10(8-20-13)14(15,16)17/h3-4,6,8-9,11,19H,2,5,7,18H2,1H3/t9-,11-/m0/s1. The molecule has 4 nitrogen and oxygen atoms in total. The fraction of sp³-hybridized carbons (Fsp3) is 0.500. The molecule has 1 aromatic heterocycles. The molecule has 0 amide bonds. The van der Waals surface area contributed by atoms with E-state index < -0.39 is 11.7 Å². The molecular formula is C14H18F3N3O. The van der Waals surface area contributed by atoms with E-state index in [2.05, 4.69) is 10.3 Å². The SMILES string of the molecule is CC[C@@H](C[C@H]1C=C(N)NC1)Oc1ccc(C(F)(F)F)cn1. The topological polar surface area (TPSA) is 60.2 Å². The molecule has 1 aliphatic rings. The van der Waals surface area contributed by atoms with Crippen molar-refractivity contribution in [3.05, 3.63) is 35.8 Å². The predicted molar refractivity (Wildman–Crippen MR) is 72.3 cm³/mol. The lowest BCUT2D eigenvalue weighted by Crippen LogP contribution is -2.23. The Labute approximate surface area is 121 Å². The summed E-state index contributed by atoms with van der Waals surface area (Å²) in [6, 6.07) is 2.23. The lowest BCUT2D eigenvalue weighted by molar-refractivity contribution is -0.137. The highest BCUT2D eigenvalue weighted by atomic mass is 19.4. The van der Waals surface area contributed by atoms with Crippen LogP contribution in [-0.2, 0) is 6.18 Å². The summed E-state index contributed by atoms with van der Waals surface area (Å²) in [6.07, 6.45) is -0.278. The number of halogens is 3. The van der Waals surface area contributed by atoms with Crippen molar-refractivity contribution in [3.8, 4) is 5.88 Å². The van der Waals surface area contributed by atoms with Gasteiger partial charge in [0.25, 0.3) is 0 Å². The number of ether oxygens (including phenoxy) is 1. The summed E-state index contributed by atoms with van der Waals surface area (Å²) in [5.41, 5.74) is 4.86. The summed E-state index contributed by atoms with van der Waals surface area (Å²) in [4.78, 5) is 3.72. The van der Waals surface area contributed by atoms with Crippen molar-refractivity contribution in [1.29, 1.82) is 0 Å². The number of nitrogens with zero attached hydrogens (tertiary/aromatic N) is 1. The fourth-order valence-electron chi connectivity index (χ4n) is 2.20. The highest BCUT2D eigenvalue weighted by Gasteiger charge is 2.30. The number of hydrogen-bond acceptors (Lipinski definition) is 4. The second kappa shape index (κ2) is 6.24. The van der Waals surface area contributed by atoms with Crippen molar-refractivity contribution >= 4 is 0 Å². The molecule has 2 heterocycles. The Hall–Kier alpha value is -1.92. The van der Waals surface area contributed by atoms with Gasteiger partial charge in [0.1, 0.15) is 6.10 Å². The third kappa shape index (κ3) is 4.27. The van der Waals surface area contributed by atoms with Gasteiger partial charge in [-0.15, -0.1) is 0 Å². The number of alkyl halides is 3. The van der Waals surface area contributed by atoms with E-state index in [1.807, 2.05) is 13.0 Å². The van der Waals surface area contributed by atoms with E-state index in [1.165, 1.54) is 6.07 Å². The molecule has 0 aliphatic carbocycles. The van der Waals surface area contributed by atoms with Crippen LogP contribution in [0.2, 0.25) is 0 Å². The Kier molecular flexibility index (Phi) is 4.59. The Morgan fingerprint density at radius 2 is 2.24 bits per heavy atom. The molecule has 0 fully saturated rings. The summed E-state index contributed by atoms with van der Waals surface area (Å²) < 4.78 is 43.0. The number of nitrogens with one attached hydrogen (secondary N) is 1. The second-order valence-electron chi connectivity index (χ2n) is 5.03. The highest BCUT2D eigenvalue weighted by Crippen LogP contribution is 2.29. The lowest BCUT2D eigenvalue weighted by atomic mass is 10.0. The highest BCUT2D eigenvalue weighted by molar-refractivity contribution is 5.20. The molecule has 0 bridgehead atoms. The van der Waals surface area contributed by atoms with Crippen LogP contribution in [0.5, 0.6) is 5.88 Å². The van der Waals surface area contributed by atoms with Crippen LogP contribution in [0, 0.1) is 5.92 Å². The molecule has 0 spiro atoms. The van der Waals surface area contributed by atoms with Crippen LogP contribution >= 0.6 is 0 Å². The first-order valence-corrected chi connectivity index (χ1v) is 6.79. The van der Waals surface area contributed by atoms with E-state index in [0.29, 0.717) is 5.82 Å². The minimum atomic E-state index is -4.38. The monoisotopic (exact) mass is 301 g/mol. The van der Waals surface area contributed by atoms with Crippen molar-refractivity contribution in [2.24, 2.45) is 11.7 Å². The van der Waals surface area contributed by atoms with Gasteiger partial charge in [-0.25, -0.2) is 4.98 Å². The van der Waals surface area contributed by atoms with Crippen molar-refractivity contribution < 1.29 is 17.9 Å². The first-order valence-electron chi connectivity index (χ1n) is 6.79. The minimum absolute atomic E-state index is 0.108. The Balaban J connectivity index is 1.95. The molecule has 2 atom stereocenters. The average molecular weight is 301 g/mol. The Bertz CT molecular complexity index is 499. The largest absolute Gasteiger partial charge is 0.474 e. The van der Waals surface area contributed by atoms with Gasteiger partial charge in [0, 0.05) is 24.7 Å². The van der Waals surface area contributed by atoms with Gasteiger partial charge in [0.2, 0.25) is 5.88 Å². The van der Waals surface area contributed by atoms with Gasteiger partial charge < -0.3 is 15.8 Å². The zero-order chi connectivity index (χ0) is 15.5. The summed E-state index contributed by atoms with van der Waals surface area (Å²) in [5, 5.41) is 3.03. The number of rotatable bonds is 5. The number of pyridine rings is 1. The van der Waals surface area contributed by atoms with Crippen LogP contribution in [0.25, 0.3) is 0 Å². The molecule has 0 unspecified atom stereocenters. The predicted octanol–water partition coefficient (Wildman–Crippen LogP) is 2.67. The maximum Gasteiger partial charge on any atom is 0.417 e. The molecule has 1 aliphatic heterocycles. The van der Waals surface area contributed by atoms with Gasteiger partial charge in [-0.3, -0.25) is 0 Å². The summed E-state index contributed by atoms with van der Waals surface area (Å²) in [6.45, 7) is 2.72. The quantitative estimate of drug-likeness (QED) is 0.878. The summed E-state index contributed by atoms with van der Waals surface area (Å²) in [5.74, 6) is 1.13. The third-order valence-corrected chi connectivity index (χ3v) is 3.36. The van der Waals surface area contributed by atoms with Crippen LogP contribution in [0.4, 0.5) is 13.2 Å². The van der Waals surface area contributed by atoms with Gasteiger partial charge in [0.15, 0.2) is 0 Å². The minimum Gasteiger partial charge on any atom is -0.474 e. The summed E-state index contributed by atoms with van der Waals surface area (Å²) in [7, 11) is 0. The maximum atomic E-state index is 12.4. The van der Waals surface area contributed by atoms with Gasteiger partial charge >= 0.3 is 6.18 Å². The fourth-order valence-corrected chi connectivity index (χ4v) is 2.20. The molecule has 0 saturated carbocycles. The molecule has 0 saturated heterocycles. The smallest absolute Gasteiger partial charge is 0.417 e. The lowest BCUT2D eigenvalue weighted by Gasteiger charge is -2.19. The van der Waals surface area contributed by atoms with Crippen LogP contribution in [0.15, 0.2) is 30.2 Å². The van der Waals surface area contributed by atoms with E-state index in [1.54, 1.807) is 0 Å². The summed E-state index contributed by atoms with van der Waals surface area (Å²) >= 11 is 0.